The van der Waals surface area contributed by atoms with E-state index in [2.05, 4.69) is 5.32 Å². The topological polar surface area (TPSA) is 32.3 Å². The Kier molecular flexibility index (Phi) is 6.10. The van der Waals surface area contributed by atoms with Crippen LogP contribution >= 0.6 is 35.0 Å². The molecule has 0 aliphatic carbocycles. The number of halogens is 2. The predicted octanol–water partition coefficient (Wildman–Crippen LogP) is 3.20. The lowest BCUT2D eigenvalue weighted by Crippen LogP contribution is -2.39. The molecule has 2 N–H and O–H groups in total. The number of thioether (sulfide) groups is 1. The summed E-state index contributed by atoms with van der Waals surface area (Å²) < 4.78 is 0. The maximum Gasteiger partial charge on any atom is 0.0833 e. The molecule has 0 aliphatic rings. The molecule has 17 heavy (non-hydrogen) atoms. The first-order chi connectivity index (χ1) is 7.94. The molecule has 0 bridgehead atoms. The molecule has 1 rings (SSSR count). The molecule has 0 spiro atoms. The summed E-state index contributed by atoms with van der Waals surface area (Å²) >= 11 is 13.5. The van der Waals surface area contributed by atoms with Gasteiger partial charge in [0.05, 0.1) is 5.60 Å². The Bertz CT molecular complexity index is 372. The zero-order valence-electron chi connectivity index (χ0n) is 9.96. The standard InChI is InChI=1S/C12H17Cl2NOS/c1-12(16,8-17-2)7-15-6-9-3-4-10(13)5-11(9)14/h3-5,15-16H,6-8H2,1-2H3. The van der Waals surface area contributed by atoms with E-state index in [4.69, 9.17) is 23.2 Å². The van der Waals surface area contributed by atoms with Gasteiger partial charge >= 0.3 is 0 Å². The molecule has 1 aromatic carbocycles. The Labute approximate surface area is 117 Å². The molecule has 0 saturated carbocycles. The van der Waals surface area contributed by atoms with Gasteiger partial charge < -0.3 is 10.4 Å². The molecule has 1 unspecified atom stereocenters. The maximum atomic E-state index is 9.97. The van der Waals surface area contributed by atoms with E-state index in [1.165, 1.54) is 0 Å². The second-order valence-corrected chi connectivity index (χ2v) is 5.98. The van der Waals surface area contributed by atoms with Crippen LogP contribution in [0.3, 0.4) is 0 Å². The molecule has 0 heterocycles. The first-order valence-corrected chi connectivity index (χ1v) is 7.45. The van der Waals surface area contributed by atoms with Gasteiger partial charge in [0.25, 0.3) is 0 Å². The van der Waals surface area contributed by atoms with Crippen molar-refractivity contribution < 1.29 is 5.11 Å². The second kappa shape index (κ2) is 6.86. The first kappa shape index (κ1) is 15.1. The van der Waals surface area contributed by atoms with E-state index in [-0.39, 0.29) is 0 Å². The van der Waals surface area contributed by atoms with Crippen LogP contribution in [0.15, 0.2) is 18.2 Å². The smallest absolute Gasteiger partial charge is 0.0833 e. The number of rotatable bonds is 6. The van der Waals surface area contributed by atoms with Gasteiger partial charge in [-0.3, -0.25) is 0 Å². The largest absolute Gasteiger partial charge is 0.388 e. The highest BCUT2D eigenvalue weighted by atomic mass is 35.5. The van der Waals surface area contributed by atoms with Crippen LogP contribution in [-0.2, 0) is 6.54 Å². The van der Waals surface area contributed by atoms with Gasteiger partial charge in [0.1, 0.15) is 0 Å². The molecule has 5 heteroatoms. The monoisotopic (exact) mass is 293 g/mol. The minimum atomic E-state index is -0.696. The van der Waals surface area contributed by atoms with Crippen LogP contribution in [0.5, 0.6) is 0 Å². The average Bonchev–Trinajstić information content (AvgIpc) is 2.21. The minimum absolute atomic E-state index is 0.535. The molecule has 1 atom stereocenters. The maximum absolute atomic E-state index is 9.97. The summed E-state index contributed by atoms with van der Waals surface area (Å²) in [6, 6.07) is 5.42. The lowest BCUT2D eigenvalue weighted by Gasteiger charge is -2.22. The lowest BCUT2D eigenvalue weighted by atomic mass is 10.1. The lowest BCUT2D eigenvalue weighted by molar-refractivity contribution is 0.0846. The van der Waals surface area contributed by atoms with Crippen molar-refractivity contribution in [3.8, 4) is 0 Å². The molecule has 0 aromatic heterocycles. The Balaban J connectivity index is 2.46. The van der Waals surface area contributed by atoms with Crippen LogP contribution in [0.4, 0.5) is 0 Å². The van der Waals surface area contributed by atoms with Crippen LogP contribution in [0.2, 0.25) is 10.0 Å². The second-order valence-electron chi connectivity index (χ2n) is 4.27. The number of aliphatic hydroxyl groups is 1. The highest BCUT2D eigenvalue weighted by Crippen LogP contribution is 2.20. The van der Waals surface area contributed by atoms with Crippen molar-refractivity contribution in [2.45, 2.75) is 19.1 Å². The summed E-state index contributed by atoms with van der Waals surface area (Å²) in [5.74, 6) is 0.703. The van der Waals surface area contributed by atoms with Crippen LogP contribution in [-0.4, -0.2) is 29.3 Å². The molecule has 1 aromatic rings. The summed E-state index contributed by atoms with van der Waals surface area (Å²) in [5.41, 5.74) is 0.286. The van der Waals surface area contributed by atoms with Crippen molar-refractivity contribution in [2.24, 2.45) is 0 Å². The van der Waals surface area contributed by atoms with Gasteiger partial charge in [-0.1, -0.05) is 29.3 Å². The van der Waals surface area contributed by atoms with Gasteiger partial charge in [0.2, 0.25) is 0 Å². The third-order valence-electron chi connectivity index (χ3n) is 2.29. The van der Waals surface area contributed by atoms with E-state index in [0.717, 1.165) is 5.56 Å². The summed E-state index contributed by atoms with van der Waals surface area (Å²) in [4.78, 5) is 0. The van der Waals surface area contributed by atoms with E-state index < -0.39 is 5.60 Å². The number of nitrogens with one attached hydrogen (secondary N) is 1. The number of benzene rings is 1. The Morgan fingerprint density at radius 1 is 1.41 bits per heavy atom. The van der Waals surface area contributed by atoms with Crippen LogP contribution in [0.1, 0.15) is 12.5 Å². The fourth-order valence-corrected chi connectivity index (χ4v) is 2.69. The fourth-order valence-electron chi connectivity index (χ4n) is 1.49. The molecule has 0 aliphatic heterocycles. The van der Waals surface area contributed by atoms with Gasteiger partial charge in [-0.05, 0) is 30.9 Å². The van der Waals surface area contributed by atoms with Crippen LogP contribution < -0.4 is 5.32 Å². The van der Waals surface area contributed by atoms with Crippen LogP contribution in [0.25, 0.3) is 0 Å². The van der Waals surface area contributed by atoms with E-state index in [9.17, 15) is 5.11 Å². The quantitative estimate of drug-likeness (QED) is 0.845. The first-order valence-electron chi connectivity index (χ1n) is 5.30. The van der Waals surface area contributed by atoms with E-state index in [1.54, 1.807) is 17.8 Å². The zero-order chi connectivity index (χ0) is 12.9. The molecule has 96 valence electrons. The number of hydrogen-bond donors (Lipinski definition) is 2. The molecule has 0 saturated heterocycles. The summed E-state index contributed by atoms with van der Waals surface area (Å²) in [7, 11) is 0. The van der Waals surface area contributed by atoms with Crippen molar-refractivity contribution >= 4 is 35.0 Å². The SMILES string of the molecule is CSCC(C)(O)CNCc1ccc(Cl)cc1Cl. The Hall–Kier alpha value is 0.0700. The molecular weight excluding hydrogens is 277 g/mol. The highest BCUT2D eigenvalue weighted by molar-refractivity contribution is 7.98. The molecule has 0 amide bonds. The highest BCUT2D eigenvalue weighted by Gasteiger charge is 2.18. The van der Waals surface area contributed by atoms with Gasteiger partial charge in [0.15, 0.2) is 0 Å². The third kappa shape index (κ3) is 5.49. The van der Waals surface area contributed by atoms with Gasteiger partial charge in [-0.25, -0.2) is 0 Å². The molecule has 0 radical (unpaired) electrons. The third-order valence-corrected chi connectivity index (χ3v) is 3.79. The fraction of sp³-hybridized carbons (Fsp3) is 0.500. The summed E-state index contributed by atoms with van der Waals surface area (Å²) in [5, 5.41) is 14.4. The van der Waals surface area contributed by atoms with E-state index in [1.807, 2.05) is 25.3 Å². The Morgan fingerprint density at radius 2 is 2.12 bits per heavy atom. The molecule has 0 fully saturated rings. The van der Waals surface area contributed by atoms with E-state index in [0.29, 0.717) is 28.9 Å². The Morgan fingerprint density at radius 3 is 2.71 bits per heavy atom. The van der Waals surface area contributed by atoms with Crippen molar-refractivity contribution in [1.29, 1.82) is 0 Å². The van der Waals surface area contributed by atoms with Crippen LogP contribution in [0, 0.1) is 0 Å². The van der Waals surface area contributed by atoms with Crippen molar-refractivity contribution in [1.82, 2.24) is 5.32 Å². The van der Waals surface area contributed by atoms with Gasteiger partial charge in [-0.15, -0.1) is 0 Å². The van der Waals surface area contributed by atoms with Gasteiger partial charge in [0, 0.05) is 28.9 Å². The summed E-state index contributed by atoms with van der Waals surface area (Å²) in [6.45, 7) is 2.98. The van der Waals surface area contributed by atoms with Crippen molar-refractivity contribution in [3.05, 3.63) is 33.8 Å². The van der Waals surface area contributed by atoms with Gasteiger partial charge in [-0.2, -0.15) is 11.8 Å². The summed E-state index contributed by atoms with van der Waals surface area (Å²) in [6.07, 6.45) is 1.98. The zero-order valence-corrected chi connectivity index (χ0v) is 12.3. The number of hydrogen-bond acceptors (Lipinski definition) is 3. The predicted molar refractivity (Wildman–Crippen MR) is 77.2 cm³/mol. The van der Waals surface area contributed by atoms with Crippen molar-refractivity contribution in [3.63, 3.8) is 0 Å². The molecule has 2 nitrogen and oxygen atoms in total. The normalized spacial score (nSPS) is 14.6. The minimum Gasteiger partial charge on any atom is -0.388 e. The van der Waals surface area contributed by atoms with Crippen molar-refractivity contribution in [2.75, 3.05) is 18.6 Å². The van der Waals surface area contributed by atoms with E-state index >= 15 is 0 Å². The molecular formula is C12H17Cl2NOS. The average molecular weight is 294 g/mol.